The fraction of sp³-hybridized carbons (Fsp3) is 0.500. The third kappa shape index (κ3) is 3.58. The molecule has 0 atom stereocenters. The Hall–Kier alpha value is -1.32. The Bertz CT molecular complexity index is 504. The van der Waals surface area contributed by atoms with Gasteiger partial charge in [-0.05, 0) is 38.4 Å². The van der Waals surface area contributed by atoms with Crippen molar-refractivity contribution in [3.8, 4) is 0 Å². The van der Waals surface area contributed by atoms with Gasteiger partial charge >= 0.3 is 0 Å². The molecule has 1 aromatic carbocycles. The molecule has 1 aromatic heterocycles. The number of ether oxygens (including phenoxy) is 1. The van der Waals surface area contributed by atoms with Crippen LogP contribution in [-0.4, -0.2) is 24.3 Å². The van der Waals surface area contributed by atoms with E-state index in [1.54, 1.807) is 0 Å². The molecule has 0 bridgehead atoms. The van der Waals surface area contributed by atoms with Crippen LogP contribution >= 0.6 is 0 Å². The molecule has 0 fully saturated rings. The smallest absolute Gasteiger partial charge is 0.0483 e. The summed E-state index contributed by atoms with van der Waals surface area (Å²) >= 11 is 0. The Morgan fingerprint density at radius 3 is 2.84 bits per heavy atom. The highest BCUT2D eigenvalue weighted by atomic mass is 16.5. The lowest BCUT2D eigenvalue weighted by molar-refractivity contribution is 0.144. The molecule has 0 radical (unpaired) electrons. The zero-order valence-corrected chi connectivity index (χ0v) is 12.0. The summed E-state index contributed by atoms with van der Waals surface area (Å²) in [5, 5.41) is 4.86. The summed E-state index contributed by atoms with van der Waals surface area (Å²) in [7, 11) is 0. The van der Waals surface area contributed by atoms with Crippen molar-refractivity contribution >= 4 is 10.9 Å². The van der Waals surface area contributed by atoms with Crippen molar-refractivity contribution in [3.05, 3.63) is 36.0 Å². The molecule has 3 heteroatoms. The minimum atomic E-state index is 0.810. The first-order valence-electron chi connectivity index (χ1n) is 7.22. The highest BCUT2D eigenvalue weighted by molar-refractivity contribution is 5.83. The van der Waals surface area contributed by atoms with Gasteiger partial charge in [-0.1, -0.05) is 18.2 Å². The molecule has 0 unspecified atom stereocenters. The summed E-state index contributed by atoms with van der Waals surface area (Å²) < 4.78 is 7.65. The van der Waals surface area contributed by atoms with Gasteiger partial charge < -0.3 is 14.6 Å². The van der Waals surface area contributed by atoms with Crippen molar-refractivity contribution in [1.82, 2.24) is 9.88 Å². The first-order chi connectivity index (χ1) is 9.36. The number of aromatic nitrogens is 1. The number of para-hydroxylation sites is 1. The number of aryl methyl sites for hydroxylation is 1. The van der Waals surface area contributed by atoms with E-state index in [-0.39, 0.29) is 0 Å². The summed E-state index contributed by atoms with van der Waals surface area (Å²) in [4.78, 5) is 0. The predicted octanol–water partition coefficient (Wildman–Crippen LogP) is 3.18. The van der Waals surface area contributed by atoms with Crippen LogP contribution in [0.1, 0.15) is 25.8 Å². The van der Waals surface area contributed by atoms with Crippen molar-refractivity contribution < 1.29 is 4.74 Å². The van der Waals surface area contributed by atoms with Gasteiger partial charge in [-0.25, -0.2) is 0 Å². The molecule has 2 rings (SSSR count). The molecule has 0 saturated heterocycles. The van der Waals surface area contributed by atoms with Gasteiger partial charge in [0, 0.05) is 43.4 Å². The first kappa shape index (κ1) is 14.1. The van der Waals surface area contributed by atoms with Crippen LogP contribution in [0.2, 0.25) is 0 Å². The Labute approximate surface area is 115 Å². The zero-order valence-electron chi connectivity index (χ0n) is 12.0. The summed E-state index contributed by atoms with van der Waals surface area (Å²) in [5.74, 6) is 0. The molecule has 0 spiro atoms. The van der Waals surface area contributed by atoms with Gasteiger partial charge in [-0.15, -0.1) is 0 Å². The van der Waals surface area contributed by atoms with E-state index >= 15 is 0 Å². The molecule has 3 nitrogen and oxygen atoms in total. The van der Waals surface area contributed by atoms with Crippen molar-refractivity contribution in [2.45, 2.75) is 33.4 Å². The van der Waals surface area contributed by atoms with E-state index in [1.807, 2.05) is 6.92 Å². The van der Waals surface area contributed by atoms with Crippen LogP contribution < -0.4 is 5.32 Å². The molecule has 19 heavy (non-hydrogen) atoms. The molecule has 1 heterocycles. The number of nitrogens with one attached hydrogen (secondary N) is 1. The van der Waals surface area contributed by atoms with E-state index in [9.17, 15) is 0 Å². The summed E-state index contributed by atoms with van der Waals surface area (Å²) in [6, 6.07) is 8.62. The van der Waals surface area contributed by atoms with Gasteiger partial charge in [0.05, 0.1) is 0 Å². The van der Waals surface area contributed by atoms with E-state index in [4.69, 9.17) is 4.74 Å². The van der Waals surface area contributed by atoms with Gasteiger partial charge in [-0.3, -0.25) is 0 Å². The second-order valence-corrected chi connectivity index (χ2v) is 4.68. The Kier molecular flexibility index (Phi) is 5.43. The highest BCUT2D eigenvalue weighted by Gasteiger charge is 2.06. The van der Waals surface area contributed by atoms with Crippen molar-refractivity contribution in [1.29, 1.82) is 0 Å². The molecule has 1 N–H and O–H groups in total. The standard InChI is InChI=1S/C16H24N2O/c1-3-18-13-14(12-17-10-7-11-19-4-2)15-8-5-6-9-16(15)18/h5-6,8-9,13,17H,3-4,7,10-12H2,1-2H3. The maximum atomic E-state index is 5.33. The van der Waals surface area contributed by atoms with Gasteiger partial charge in [0.25, 0.3) is 0 Å². The van der Waals surface area contributed by atoms with Crippen LogP contribution in [0, 0.1) is 0 Å². The third-order valence-electron chi connectivity index (χ3n) is 3.37. The lowest BCUT2D eigenvalue weighted by Gasteiger charge is -2.04. The van der Waals surface area contributed by atoms with E-state index < -0.39 is 0 Å². The number of fused-ring (bicyclic) bond motifs is 1. The second-order valence-electron chi connectivity index (χ2n) is 4.68. The van der Waals surface area contributed by atoms with E-state index in [2.05, 4.69) is 47.3 Å². The average Bonchev–Trinajstić information content (AvgIpc) is 2.81. The quantitative estimate of drug-likeness (QED) is 0.738. The van der Waals surface area contributed by atoms with Crippen LogP contribution in [0.25, 0.3) is 10.9 Å². The molecule has 0 aliphatic carbocycles. The topological polar surface area (TPSA) is 26.2 Å². The monoisotopic (exact) mass is 260 g/mol. The normalized spacial score (nSPS) is 11.3. The second kappa shape index (κ2) is 7.31. The van der Waals surface area contributed by atoms with Gasteiger partial charge in [-0.2, -0.15) is 0 Å². The number of hydrogen-bond donors (Lipinski definition) is 1. The van der Waals surface area contributed by atoms with Crippen molar-refractivity contribution in [2.75, 3.05) is 19.8 Å². The minimum absolute atomic E-state index is 0.810. The van der Waals surface area contributed by atoms with Crippen molar-refractivity contribution in [3.63, 3.8) is 0 Å². The van der Waals surface area contributed by atoms with Gasteiger partial charge in [0.1, 0.15) is 0 Å². The summed E-state index contributed by atoms with van der Waals surface area (Å²) in [6.07, 6.45) is 3.33. The Morgan fingerprint density at radius 1 is 1.21 bits per heavy atom. The molecule has 0 amide bonds. The van der Waals surface area contributed by atoms with E-state index in [0.717, 1.165) is 39.3 Å². The van der Waals surface area contributed by atoms with Gasteiger partial charge in [0.2, 0.25) is 0 Å². The van der Waals surface area contributed by atoms with E-state index in [0.29, 0.717) is 0 Å². The van der Waals surface area contributed by atoms with Crippen molar-refractivity contribution in [2.24, 2.45) is 0 Å². The SMILES string of the molecule is CCOCCCNCc1cn(CC)c2ccccc12. The third-order valence-corrected chi connectivity index (χ3v) is 3.37. The highest BCUT2D eigenvalue weighted by Crippen LogP contribution is 2.21. The molecule has 0 aliphatic rings. The van der Waals surface area contributed by atoms with E-state index in [1.165, 1.54) is 16.5 Å². The number of nitrogens with zero attached hydrogens (tertiary/aromatic N) is 1. The van der Waals surface area contributed by atoms with Crippen LogP contribution in [0.4, 0.5) is 0 Å². The number of rotatable bonds is 8. The largest absolute Gasteiger partial charge is 0.382 e. The zero-order chi connectivity index (χ0) is 13.5. The molecular weight excluding hydrogens is 236 g/mol. The predicted molar refractivity (Wildman–Crippen MR) is 80.4 cm³/mol. The summed E-state index contributed by atoms with van der Waals surface area (Å²) in [5.41, 5.74) is 2.71. The number of benzene rings is 1. The van der Waals surface area contributed by atoms with Crippen LogP contribution in [0.3, 0.4) is 0 Å². The minimum Gasteiger partial charge on any atom is -0.382 e. The van der Waals surface area contributed by atoms with Gasteiger partial charge in [0.15, 0.2) is 0 Å². The molecule has 0 aliphatic heterocycles. The lowest BCUT2D eigenvalue weighted by atomic mass is 10.2. The molecule has 104 valence electrons. The van der Waals surface area contributed by atoms with Crippen LogP contribution in [0.5, 0.6) is 0 Å². The Balaban J connectivity index is 1.93. The van der Waals surface area contributed by atoms with Crippen LogP contribution in [0.15, 0.2) is 30.5 Å². The fourth-order valence-electron chi connectivity index (χ4n) is 2.39. The Morgan fingerprint density at radius 2 is 2.05 bits per heavy atom. The lowest BCUT2D eigenvalue weighted by Crippen LogP contribution is -2.16. The maximum absolute atomic E-state index is 5.33. The fourth-order valence-corrected chi connectivity index (χ4v) is 2.39. The molecular formula is C16H24N2O. The average molecular weight is 260 g/mol. The first-order valence-corrected chi connectivity index (χ1v) is 7.22. The number of hydrogen-bond acceptors (Lipinski definition) is 2. The maximum Gasteiger partial charge on any atom is 0.0483 e. The molecule has 2 aromatic rings. The summed E-state index contributed by atoms with van der Waals surface area (Å²) in [6.45, 7) is 8.83. The van der Waals surface area contributed by atoms with Crippen LogP contribution in [-0.2, 0) is 17.8 Å². The molecule has 0 saturated carbocycles.